The number of nitrogens with one attached hydrogen (secondary N) is 1. The van der Waals surface area contributed by atoms with Crippen LogP contribution in [0.3, 0.4) is 0 Å². The van der Waals surface area contributed by atoms with Crippen LogP contribution in [0.25, 0.3) is 0 Å². The Bertz CT molecular complexity index is 288. The van der Waals surface area contributed by atoms with Crippen molar-refractivity contribution in [3.05, 3.63) is 24.3 Å². The molecule has 1 aromatic rings. The van der Waals surface area contributed by atoms with Crippen molar-refractivity contribution in [2.75, 3.05) is 0 Å². The van der Waals surface area contributed by atoms with Crippen molar-refractivity contribution in [2.24, 2.45) is 5.73 Å². The molecule has 0 aliphatic rings. The van der Waals surface area contributed by atoms with Gasteiger partial charge in [-0.2, -0.15) is 0 Å². The summed E-state index contributed by atoms with van der Waals surface area (Å²) in [4.78, 5) is 18.7. The minimum atomic E-state index is -0.306. The molecule has 5 nitrogen and oxygen atoms in total. The molecule has 1 aromatic heterocycles. The standard InChI is InChI=1S/C9H14N4O/c1-7(5-8(10)14)13-6-9-11-3-2-4-12-9/h2-4,7,13H,5-6H2,1H3,(H2,10,14). The fourth-order valence-corrected chi connectivity index (χ4v) is 1.06. The van der Waals surface area contributed by atoms with Crippen LogP contribution in [-0.2, 0) is 11.3 Å². The van der Waals surface area contributed by atoms with Crippen molar-refractivity contribution in [2.45, 2.75) is 25.9 Å². The van der Waals surface area contributed by atoms with Crippen molar-refractivity contribution in [1.29, 1.82) is 0 Å². The van der Waals surface area contributed by atoms with E-state index < -0.39 is 0 Å². The number of carbonyl (C=O) groups excluding carboxylic acids is 1. The fourth-order valence-electron chi connectivity index (χ4n) is 1.06. The molecule has 1 unspecified atom stereocenters. The highest BCUT2D eigenvalue weighted by Gasteiger charge is 2.05. The van der Waals surface area contributed by atoms with Crippen LogP contribution in [0.5, 0.6) is 0 Å². The lowest BCUT2D eigenvalue weighted by atomic mass is 10.2. The SMILES string of the molecule is CC(CC(N)=O)NCc1ncccn1. The molecule has 1 amide bonds. The number of nitrogens with zero attached hydrogens (tertiary/aromatic N) is 2. The van der Waals surface area contributed by atoms with Gasteiger partial charge >= 0.3 is 0 Å². The van der Waals surface area contributed by atoms with Gasteiger partial charge in [0, 0.05) is 24.9 Å². The molecule has 0 aromatic carbocycles. The van der Waals surface area contributed by atoms with Gasteiger partial charge in [-0.25, -0.2) is 9.97 Å². The average molecular weight is 194 g/mol. The summed E-state index contributed by atoms with van der Waals surface area (Å²) >= 11 is 0. The van der Waals surface area contributed by atoms with E-state index in [1.165, 1.54) is 0 Å². The molecule has 76 valence electrons. The van der Waals surface area contributed by atoms with E-state index in [4.69, 9.17) is 5.73 Å². The summed E-state index contributed by atoms with van der Waals surface area (Å²) in [6.45, 7) is 2.45. The van der Waals surface area contributed by atoms with E-state index >= 15 is 0 Å². The molecular weight excluding hydrogens is 180 g/mol. The van der Waals surface area contributed by atoms with Crippen LogP contribution in [0, 0.1) is 0 Å². The second-order valence-corrected chi connectivity index (χ2v) is 3.12. The first-order chi connectivity index (χ1) is 6.68. The number of hydrogen-bond acceptors (Lipinski definition) is 4. The molecule has 5 heteroatoms. The third-order valence-corrected chi connectivity index (χ3v) is 1.74. The summed E-state index contributed by atoms with van der Waals surface area (Å²) in [6, 6.07) is 1.81. The maximum absolute atomic E-state index is 10.6. The molecule has 0 spiro atoms. The number of amides is 1. The van der Waals surface area contributed by atoms with Crippen LogP contribution < -0.4 is 11.1 Å². The van der Waals surface area contributed by atoms with E-state index in [1.54, 1.807) is 18.5 Å². The van der Waals surface area contributed by atoms with Crippen LogP contribution in [0.4, 0.5) is 0 Å². The van der Waals surface area contributed by atoms with Gasteiger partial charge in [-0.1, -0.05) is 0 Å². The monoisotopic (exact) mass is 194 g/mol. The molecule has 0 bridgehead atoms. The first kappa shape index (κ1) is 10.6. The third-order valence-electron chi connectivity index (χ3n) is 1.74. The van der Waals surface area contributed by atoms with Crippen molar-refractivity contribution < 1.29 is 4.79 Å². The van der Waals surface area contributed by atoms with E-state index in [-0.39, 0.29) is 11.9 Å². The Kier molecular flexibility index (Phi) is 4.00. The molecule has 0 saturated carbocycles. The zero-order valence-electron chi connectivity index (χ0n) is 8.10. The summed E-state index contributed by atoms with van der Waals surface area (Å²) in [5, 5.41) is 3.10. The lowest BCUT2D eigenvalue weighted by Gasteiger charge is -2.10. The molecule has 0 aliphatic carbocycles. The molecular formula is C9H14N4O. The first-order valence-corrected chi connectivity index (χ1v) is 4.46. The van der Waals surface area contributed by atoms with Crippen molar-refractivity contribution in [3.8, 4) is 0 Å². The molecule has 0 saturated heterocycles. The van der Waals surface area contributed by atoms with Crippen molar-refractivity contribution in [3.63, 3.8) is 0 Å². The fraction of sp³-hybridized carbons (Fsp3) is 0.444. The Balaban J connectivity index is 2.30. The van der Waals surface area contributed by atoms with Crippen LogP contribution in [0.1, 0.15) is 19.2 Å². The number of aromatic nitrogens is 2. The Labute approximate surface area is 82.7 Å². The van der Waals surface area contributed by atoms with Gasteiger partial charge in [-0.15, -0.1) is 0 Å². The largest absolute Gasteiger partial charge is 0.370 e. The Morgan fingerprint density at radius 3 is 2.79 bits per heavy atom. The van der Waals surface area contributed by atoms with Gasteiger partial charge in [0.2, 0.25) is 5.91 Å². The molecule has 3 N–H and O–H groups in total. The predicted octanol–water partition coefficient (Wildman–Crippen LogP) is -0.170. The minimum Gasteiger partial charge on any atom is -0.370 e. The van der Waals surface area contributed by atoms with E-state index in [9.17, 15) is 4.79 Å². The zero-order chi connectivity index (χ0) is 10.4. The highest BCUT2D eigenvalue weighted by atomic mass is 16.1. The Morgan fingerprint density at radius 2 is 2.21 bits per heavy atom. The van der Waals surface area contributed by atoms with Crippen LogP contribution >= 0.6 is 0 Å². The summed E-state index contributed by atoms with van der Waals surface area (Å²) in [5.74, 6) is 0.405. The number of primary amides is 1. The molecule has 14 heavy (non-hydrogen) atoms. The van der Waals surface area contributed by atoms with E-state index in [1.807, 2.05) is 6.92 Å². The summed E-state index contributed by atoms with van der Waals surface area (Å²) < 4.78 is 0. The maximum atomic E-state index is 10.6. The van der Waals surface area contributed by atoms with Gasteiger partial charge in [0.05, 0.1) is 6.54 Å². The van der Waals surface area contributed by atoms with Gasteiger partial charge < -0.3 is 11.1 Å². The second kappa shape index (κ2) is 5.29. The van der Waals surface area contributed by atoms with Crippen LogP contribution in [0.2, 0.25) is 0 Å². The number of rotatable bonds is 5. The maximum Gasteiger partial charge on any atom is 0.218 e. The second-order valence-electron chi connectivity index (χ2n) is 3.12. The molecule has 0 radical (unpaired) electrons. The normalized spacial score (nSPS) is 12.4. The molecule has 0 aliphatic heterocycles. The molecule has 1 atom stereocenters. The minimum absolute atomic E-state index is 0.0521. The number of carbonyl (C=O) groups is 1. The van der Waals surface area contributed by atoms with Gasteiger partial charge in [0.25, 0.3) is 0 Å². The number of nitrogens with two attached hydrogens (primary N) is 1. The summed E-state index contributed by atoms with van der Waals surface area (Å²) in [7, 11) is 0. The molecule has 0 fully saturated rings. The van der Waals surface area contributed by atoms with Crippen LogP contribution in [-0.4, -0.2) is 21.9 Å². The zero-order valence-corrected chi connectivity index (χ0v) is 8.10. The highest BCUT2D eigenvalue weighted by molar-refractivity contribution is 5.74. The smallest absolute Gasteiger partial charge is 0.218 e. The predicted molar refractivity (Wildman–Crippen MR) is 52.1 cm³/mol. The summed E-state index contributed by atoms with van der Waals surface area (Å²) in [6.07, 6.45) is 3.69. The van der Waals surface area contributed by atoms with Crippen LogP contribution in [0.15, 0.2) is 18.5 Å². The van der Waals surface area contributed by atoms with E-state index in [0.29, 0.717) is 18.8 Å². The molecule has 1 heterocycles. The first-order valence-electron chi connectivity index (χ1n) is 4.46. The van der Waals surface area contributed by atoms with Gasteiger partial charge in [-0.05, 0) is 13.0 Å². The highest BCUT2D eigenvalue weighted by Crippen LogP contribution is 1.92. The molecule has 1 rings (SSSR count). The average Bonchev–Trinajstić information content (AvgIpc) is 2.15. The van der Waals surface area contributed by atoms with E-state index in [0.717, 1.165) is 0 Å². The van der Waals surface area contributed by atoms with Gasteiger partial charge in [-0.3, -0.25) is 4.79 Å². The van der Waals surface area contributed by atoms with Crippen molar-refractivity contribution >= 4 is 5.91 Å². The quantitative estimate of drug-likeness (QED) is 0.682. The van der Waals surface area contributed by atoms with Crippen molar-refractivity contribution in [1.82, 2.24) is 15.3 Å². The topological polar surface area (TPSA) is 80.9 Å². The third kappa shape index (κ3) is 3.95. The lowest BCUT2D eigenvalue weighted by Crippen LogP contribution is -2.31. The Hall–Kier alpha value is -1.49. The van der Waals surface area contributed by atoms with Gasteiger partial charge in [0.1, 0.15) is 5.82 Å². The summed E-state index contributed by atoms with van der Waals surface area (Å²) in [5.41, 5.74) is 5.05. The van der Waals surface area contributed by atoms with E-state index in [2.05, 4.69) is 15.3 Å². The number of hydrogen-bond donors (Lipinski definition) is 2. The Morgan fingerprint density at radius 1 is 1.57 bits per heavy atom. The lowest BCUT2D eigenvalue weighted by molar-refractivity contribution is -0.118. The van der Waals surface area contributed by atoms with Gasteiger partial charge in [0.15, 0.2) is 0 Å².